The summed E-state index contributed by atoms with van der Waals surface area (Å²) in [5, 5.41) is 3.55. The lowest BCUT2D eigenvalue weighted by Gasteiger charge is -2.33. The van der Waals surface area contributed by atoms with E-state index in [4.69, 9.17) is 4.99 Å². The van der Waals surface area contributed by atoms with Crippen molar-refractivity contribution in [1.29, 1.82) is 0 Å². The van der Waals surface area contributed by atoms with Gasteiger partial charge in [0, 0.05) is 30.0 Å². The lowest BCUT2D eigenvalue weighted by molar-refractivity contribution is 0.0977. The average molecular weight is 441 g/mol. The number of rotatable bonds is 3. The zero-order valence-electron chi connectivity index (χ0n) is 15.7. The van der Waals surface area contributed by atoms with E-state index in [2.05, 4.69) is 20.3 Å². The molecule has 2 atom stereocenters. The molecule has 1 amide bonds. The second kappa shape index (κ2) is 7.77. The van der Waals surface area contributed by atoms with Crippen LogP contribution in [0.15, 0.2) is 59.4 Å². The normalized spacial score (nSPS) is 23.0. The third kappa shape index (κ3) is 3.46. The zero-order chi connectivity index (χ0) is 20.6. The summed E-state index contributed by atoms with van der Waals surface area (Å²) >= 11 is 3.08. The van der Waals surface area contributed by atoms with Crippen LogP contribution in [0.1, 0.15) is 15.2 Å². The standard InChI is InChI=1S/C20H17FN6OS2/c21-15-6-23-18(24-7-15)27-9-14-10-29-19(25-17(28)13-4-2-1-3-5-13)26-20(14,11-27)16-8-22-12-30-16/h1-8,12,14H,9-11H2,(H,25,26,28). The van der Waals surface area contributed by atoms with E-state index in [0.717, 1.165) is 10.6 Å². The number of nitrogens with one attached hydrogen (secondary N) is 1. The van der Waals surface area contributed by atoms with Crippen molar-refractivity contribution in [2.24, 2.45) is 10.9 Å². The first-order chi connectivity index (χ1) is 14.6. The predicted molar refractivity (Wildman–Crippen MR) is 115 cm³/mol. The number of hydrogen-bond donors (Lipinski definition) is 1. The Morgan fingerprint density at radius 3 is 2.73 bits per heavy atom. The molecule has 0 aliphatic carbocycles. The van der Waals surface area contributed by atoms with Crippen molar-refractivity contribution in [3.8, 4) is 0 Å². The quantitative estimate of drug-likeness (QED) is 0.674. The van der Waals surface area contributed by atoms with Crippen LogP contribution in [0.4, 0.5) is 10.3 Å². The summed E-state index contributed by atoms with van der Waals surface area (Å²) < 4.78 is 13.3. The molecular formula is C20H17FN6OS2. The maximum absolute atomic E-state index is 13.3. The zero-order valence-corrected chi connectivity index (χ0v) is 17.4. The molecule has 2 aromatic heterocycles. The minimum atomic E-state index is -0.552. The van der Waals surface area contributed by atoms with Crippen LogP contribution >= 0.6 is 23.1 Å². The molecule has 3 aromatic rings. The highest BCUT2D eigenvalue weighted by Crippen LogP contribution is 2.47. The monoisotopic (exact) mass is 440 g/mol. The smallest absolute Gasteiger partial charge is 0.257 e. The first-order valence-corrected chi connectivity index (χ1v) is 11.2. The molecule has 30 heavy (non-hydrogen) atoms. The first-order valence-electron chi connectivity index (χ1n) is 9.34. The Kier molecular flexibility index (Phi) is 4.95. The molecule has 1 N–H and O–H groups in total. The Labute approximate surface area is 180 Å². The molecule has 10 heteroatoms. The van der Waals surface area contributed by atoms with Gasteiger partial charge in [0.05, 0.1) is 29.3 Å². The summed E-state index contributed by atoms with van der Waals surface area (Å²) in [6.07, 6.45) is 4.18. The third-order valence-corrected chi connectivity index (χ3v) is 7.25. The Hall–Kier alpha value is -2.85. The Bertz CT molecular complexity index is 1080. The van der Waals surface area contributed by atoms with Gasteiger partial charge >= 0.3 is 0 Å². The third-order valence-electron chi connectivity index (χ3n) is 5.28. The van der Waals surface area contributed by atoms with Gasteiger partial charge in [-0.1, -0.05) is 30.0 Å². The molecule has 2 aliphatic rings. The van der Waals surface area contributed by atoms with E-state index >= 15 is 0 Å². The first kappa shape index (κ1) is 19.1. The molecule has 0 saturated carbocycles. The van der Waals surface area contributed by atoms with E-state index < -0.39 is 11.4 Å². The van der Waals surface area contributed by atoms with E-state index in [0.29, 0.717) is 29.8 Å². The van der Waals surface area contributed by atoms with Gasteiger partial charge in [0.2, 0.25) is 5.95 Å². The van der Waals surface area contributed by atoms with E-state index in [-0.39, 0.29) is 11.8 Å². The number of thiazole rings is 1. The fraction of sp³-hybridized carbons (Fsp3) is 0.250. The number of benzene rings is 1. The molecule has 2 unspecified atom stereocenters. The number of halogens is 1. The molecule has 152 valence electrons. The fourth-order valence-electron chi connectivity index (χ4n) is 3.82. The van der Waals surface area contributed by atoms with Crippen LogP contribution in [0.2, 0.25) is 0 Å². The largest absolute Gasteiger partial charge is 0.338 e. The lowest BCUT2D eigenvalue weighted by atomic mass is 9.87. The summed E-state index contributed by atoms with van der Waals surface area (Å²) in [5.74, 6) is 0.797. The number of nitrogens with zero attached hydrogens (tertiary/aromatic N) is 5. The van der Waals surface area contributed by atoms with Crippen LogP contribution in [0.3, 0.4) is 0 Å². The number of aromatic nitrogens is 3. The molecule has 1 aromatic carbocycles. The number of amidine groups is 1. The van der Waals surface area contributed by atoms with Gasteiger partial charge in [-0.15, -0.1) is 11.3 Å². The second-order valence-corrected chi connectivity index (χ2v) is 9.01. The van der Waals surface area contributed by atoms with Gasteiger partial charge in [0.25, 0.3) is 5.91 Å². The van der Waals surface area contributed by atoms with Gasteiger partial charge in [0.1, 0.15) is 5.54 Å². The number of carbonyl (C=O) groups is 1. The Balaban J connectivity index is 1.47. The molecule has 2 aliphatic heterocycles. The van der Waals surface area contributed by atoms with Crippen LogP contribution in [-0.4, -0.2) is 44.9 Å². The fourth-order valence-corrected chi connectivity index (χ4v) is 5.79. The maximum atomic E-state index is 13.3. The van der Waals surface area contributed by atoms with Crippen molar-refractivity contribution < 1.29 is 9.18 Å². The molecule has 4 heterocycles. The van der Waals surface area contributed by atoms with Crippen molar-refractivity contribution in [3.63, 3.8) is 0 Å². The number of carbonyl (C=O) groups excluding carboxylic acids is 1. The summed E-state index contributed by atoms with van der Waals surface area (Å²) in [6, 6.07) is 9.08. The SMILES string of the molecule is O=C(NC1=NC2(c3cncs3)CN(c3ncc(F)cn3)CC2CS1)c1ccccc1. The molecule has 1 saturated heterocycles. The van der Waals surface area contributed by atoms with E-state index in [1.807, 2.05) is 29.3 Å². The van der Waals surface area contributed by atoms with Gasteiger partial charge in [-0.25, -0.2) is 19.4 Å². The van der Waals surface area contributed by atoms with Crippen LogP contribution < -0.4 is 10.2 Å². The lowest BCUT2D eigenvalue weighted by Crippen LogP contribution is -2.42. The van der Waals surface area contributed by atoms with E-state index in [1.54, 1.807) is 29.0 Å². The van der Waals surface area contributed by atoms with Gasteiger partial charge in [-0.2, -0.15) is 0 Å². The van der Waals surface area contributed by atoms with Crippen molar-refractivity contribution >= 4 is 40.1 Å². The summed E-state index contributed by atoms with van der Waals surface area (Å²) in [5.41, 5.74) is 1.82. The molecule has 0 bridgehead atoms. The predicted octanol–water partition coefficient (Wildman–Crippen LogP) is 2.94. The van der Waals surface area contributed by atoms with Gasteiger partial charge in [0.15, 0.2) is 11.0 Å². The topological polar surface area (TPSA) is 83.4 Å². The van der Waals surface area contributed by atoms with Gasteiger partial charge < -0.3 is 10.2 Å². The number of fused-ring (bicyclic) bond motifs is 1. The van der Waals surface area contributed by atoms with Crippen LogP contribution in [0.25, 0.3) is 0 Å². The summed E-state index contributed by atoms with van der Waals surface area (Å²) in [7, 11) is 0. The molecule has 5 rings (SSSR count). The highest BCUT2D eigenvalue weighted by atomic mass is 32.2. The Morgan fingerprint density at radius 2 is 2.00 bits per heavy atom. The van der Waals surface area contributed by atoms with Gasteiger partial charge in [-0.05, 0) is 12.1 Å². The maximum Gasteiger partial charge on any atom is 0.257 e. The number of anilines is 1. The van der Waals surface area contributed by atoms with Crippen LogP contribution in [-0.2, 0) is 5.54 Å². The number of thioether (sulfide) groups is 1. The number of aliphatic imine (C=N–C) groups is 1. The number of hydrogen-bond acceptors (Lipinski definition) is 8. The average Bonchev–Trinajstić information content (AvgIpc) is 3.43. The van der Waals surface area contributed by atoms with E-state index in [9.17, 15) is 9.18 Å². The minimum absolute atomic E-state index is 0.184. The molecule has 7 nitrogen and oxygen atoms in total. The van der Waals surface area contributed by atoms with Crippen molar-refractivity contribution in [2.75, 3.05) is 23.7 Å². The molecule has 0 spiro atoms. The minimum Gasteiger partial charge on any atom is -0.338 e. The van der Waals surface area contributed by atoms with Crippen LogP contribution in [0.5, 0.6) is 0 Å². The molecule has 1 fully saturated rings. The highest BCUT2D eigenvalue weighted by Gasteiger charge is 2.52. The second-order valence-electron chi connectivity index (χ2n) is 7.12. The van der Waals surface area contributed by atoms with Crippen molar-refractivity contribution in [3.05, 3.63) is 70.7 Å². The Morgan fingerprint density at radius 1 is 1.20 bits per heavy atom. The highest BCUT2D eigenvalue weighted by molar-refractivity contribution is 8.13. The summed E-state index contributed by atoms with van der Waals surface area (Å²) in [4.78, 5) is 33.2. The van der Waals surface area contributed by atoms with Crippen molar-refractivity contribution in [2.45, 2.75) is 5.54 Å². The number of amides is 1. The van der Waals surface area contributed by atoms with Crippen molar-refractivity contribution in [1.82, 2.24) is 20.3 Å². The molecular weight excluding hydrogens is 423 g/mol. The van der Waals surface area contributed by atoms with Crippen LogP contribution in [0, 0.1) is 11.7 Å². The van der Waals surface area contributed by atoms with Gasteiger partial charge in [-0.3, -0.25) is 9.78 Å². The molecule has 0 radical (unpaired) electrons. The summed E-state index contributed by atoms with van der Waals surface area (Å²) in [6.45, 7) is 1.23. The van der Waals surface area contributed by atoms with E-state index in [1.165, 1.54) is 24.2 Å².